The number of nitrogens with one attached hydrogen (secondary N) is 2. The maximum absolute atomic E-state index is 12.0. The molecule has 152 valence electrons. The number of aryl methyl sites for hydroxylation is 1. The molecule has 1 aliphatic heterocycles. The molecule has 29 heavy (non-hydrogen) atoms. The van der Waals surface area contributed by atoms with Gasteiger partial charge < -0.3 is 15.5 Å². The van der Waals surface area contributed by atoms with Crippen molar-refractivity contribution in [2.45, 2.75) is 46.1 Å². The largest absolute Gasteiger partial charge is 0.354 e. The molecule has 0 radical (unpaired) electrons. The minimum Gasteiger partial charge on any atom is -0.354 e. The van der Waals surface area contributed by atoms with E-state index < -0.39 is 0 Å². The summed E-state index contributed by atoms with van der Waals surface area (Å²) in [5.74, 6) is 1.46. The summed E-state index contributed by atoms with van der Waals surface area (Å²) in [4.78, 5) is 23.5. The highest BCUT2D eigenvalue weighted by molar-refractivity contribution is 5.78. The van der Waals surface area contributed by atoms with Crippen LogP contribution in [0.4, 0.5) is 17.5 Å². The van der Waals surface area contributed by atoms with E-state index in [9.17, 15) is 4.79 Å². The SMILES string of the molecule is CCCc1cc(N2CCC(NC(=O)C(C)C)C2)nc(Nc2cccc(C#N)c2)n1. The van der Waals surface area contributed by atoms with Gasteiger partial charge in [0.1, 0.15) is 5.82 Å². The van der Waals surface area contributed by atoms with Crippen molar-refractivity contribution < 1.29 is 4.79 Å². The third-order valence-electron chi connectivity index (χ3n) is 4.90. The van der Waals surface area contributed by atoms with Crippen molar-refractivity contribution in [3.05, 3.63) is 41.6 Å². The highest BCUT2D eigenvalue weighted by Gasteiger charge is 2.26. The quantitative estimate of drug-likeness (QED) is 0.750. The Hall–Kier alpha value is -3.14. The number of rotatable bonds is 7. The van der Waals surface area contributed by atoms with Crippen LogP contribution in [0.2, 0.25) is 0 Å². The lowest BCUT2D eigenvalue weighted by Gasteiger charge is -2.20. The number of hydrogen-bond donors (Lipinski definition) is 2. The van der Waals surface area contributed by atoms with Crippen LogP contribution < -0.4 is 15.5 Å². The van der Waals surface area contributed by atoms with Gasteiger partial charge in [-0.2, -0.15) is 10.2 Å². The molecule has 3 rings (SSSR count). The van der Waals surface area contributed by atoms with E-state index in [1.807, 2.05) is 32.0 Å². The maximum atomic E-state index is 12.0. The highest BCUT2D eigenvalue weighted by Crippen LogP contribution is 2.23. The predicted octanol–water partition coefficient (Wildman–Crippen LogP) is 3.40. The van der Waals surface area contributed by atoms with Gasteiger partial charge in [0.05, 0.1) is 11.6 Å². The van der Waals surface area contributed by atoms with Crippen molar-refractivity contribution in [2.75, 3.05) is 23.3 Å². The molecule has 0 bridgehead atoms. The van der Waals surface area contributed by atoms with Gasteiger partial charge in [0, 0.05) is 42.5 Å². The second-order valence-corrected chi connectivity index (χ2v) is 7.70. The predicted molar refractivity (Wildman–Crippen MR) is 114 cm³/mol. The standard InChI is InChI=1S/C22H28N6O/c1-4-6-17-12-20(28-10-9-19(14-28)24-21(29)15(2)3)27-22(25-17)26-18-8-5-7-16(11-18)13-23/h5,7-8,11-12,15,19H,4,6,9-10,14H2,1-3H3,(H,24,29)(H,25,26,27). The minimum absolute atomic E-state index is 0.0146. The molecule has 2 aromatic rings. The number of benzene rings is 1. The minimum atomic E-state index is -0.0146. The average Bonchev–Trinajstić information content (AvgIpc) is 3.16. The Morgan fingerprint density at radius 2 is 2.17 bits per heavy atom. The lowest BCUT2D eigenvalue weighted by Crippen LogP contribution is -2.39. The molecule has 1 atom stereocenters. The van der Waals surface area contributed by atoms with Gasteiger partial charge in [-0.05, 0) is 31.0 Å². The Bertz CT molecular complexity index is 904. The van der Waals surface area contributed by atoms with Crippen LogP contribution in [-0.2, 0) is 11.2 Å². The number of amides is 1. The van der Waals surface area contributed by atoms with Gasteiger partial charge in [-0.1, -0.05) is 33.3 Å². The number of carbonyl (C=O) groups excluding carboxylic acids is 1. The van der Waals surface area contributed by atoms with Gasteiger partial charge in [0.15, 0.2) is 0 Å². The number of aromatic nitrogens is 2. The molecule has 0 spiro atoms. The molecule has 2 heterocycles. The number of nitrogens with zero attached hydrogens (tertiary/aromatic N) is 4. The fraction of sp³-hybridized carbons (Fsp3) is 0.455. The van der Waals surface area contributed by atoms with E-state index in [0.29, 0.717) is 11.5 Å². The van der Waals surface area contributed by atoms with E-state index in [2.05, 4.69) is 33.5 Å². The van der Waals surface area contributed by atoms with Crippen LogP contribution in [0, 0.1) is 17.2 Å². The Kier molecular flexibility index (Phi) is 6.65. The van der Waals surface area contributed by atoms with Crippen LogP contribution >= 0.6 is 0 Å². The van der Waals surface area contributed by atoms with Crippen molar-refractivity contribution >= 4 is 23.4 Å². The number of carbonyl (C=O) groups is 1. The van der Waals surface area contributed by atoms with Crippen molar-refractivity contribution in [2.24, 2.45) is 5.92 Å². The molecule has 1 amide bonds. The Morgan fingerprint density at radius 1 is 1.34 bits per heavy atom. The number of anilines is 3. The first kappa shape index (κ1) is 20.6. The normalized spacial score (nSPS) is 16.0. The summed E-state index contributed by atoms with van der Waals surface area (Å²) >= 11 is 0. The monoisotopic (exact) mass is 392 g/mol. The van der Waals surface area contributed by atoms with Gasteiger partial charge in [-0.25, -0.2) is 4.98 Å². The zero-order valence-electron chi connectivity index (χ0n) is 17.3. The fourth-order valence-corrected chi connectivity index (χ4v) is 3.33. The smallest absolute Gasteiger partial charge is 0.229 e. The average molecular weight is 393 g/mol. The number of hydrogen-bond acceptors (Lipinski definition) is 6. The Morgan fingerprint density at radius 3 is 2.90 bits per heavy atom. The molecule has 2 N–H and O–H groups in total. The Balaban J connectivity index is 1.78. The first-order valence-corrected chi connectivity index (χ1v) is 10.2. The molecule has 0 aliphatic carbocycles. The van der Waals surface area contributed by atoms with E-state index in [-0.39, 0.29) is 17.9 Å². The summed E-state index contributed by atoms with van der Waals surface area (Å²) in [6, 6.07) is 11.6. The zero-order chi connectivity index (χ0) is 20.8. The first-order chi connectivity index (χ1) is 14.0. The second kappa shape index (κ2) is 9.37. The molecule has 1 unspecified atom stereocenters. The second-order valence-electron chi connectivity index (χ2n) is 7.70. The maximum Gasteiger partial charge on any atom is 0.229 e. The highest BCUT2D eigenvalue weighted by atomic mass is 16.1. The van der Waals surface area contributed by atoms with Crippen LogP contribution in [0.3, 0.4) is 0 Å². The van der Waals surface area contributed by atoms with Gasteiger partial charge in [-0.3, -0.25) is 4.79 Å². The molecular weight excluding hydrogens is 364 g/mol. The van der Waals surface area contributed by atoms with E-state index in [0.717, 1.165) is 49.6 Å². The Labute approximate surface area is 172 Å². The fourth-order valence-electron chi connectivity index (χ4n) is 3.33. The van der Waals surface area contributed by atoms with Gasteiger partial charge >= 0.3 is 0 Å². The van der Waals surface area contributed by atoms with E-state index >= 15 is 0 Å². The third kappa shape index (κ3) is 5.44. The van der Waals surface area contributed by atoms with Crippen molar-refractivity contribution in [3.63, 3.8) is 0 Å². The van der Waals surface area contributed by atoms with E-state index in [1.165, 1.54) is 0 Å². The van der Waals surface area contributed by atoms with Gasteiger partial charge in [0.25, 0.3) is 0 Å². The molecule has 7 heteroatoms. The van der Waals surface area contributed by atoms with Crippen LogP contribution in [-0.4, -0.2) is 35.0 Å². The first-order valence-electron chi connectivity index (χ1n) is 10.2. The van der Waals surface area contributed by atoms with Gasteiger partial charge in [0.2, 0.25) is 11.9 Å². The summed E-state index contributed by atoms with van der Waals surface area (Å²) in [7, 11) is 0. The summed E-state index contributed by atoms with van der Waals surface area (Å²) in [6.07, 6.45) is 2.76. The zero-order valence-corrected chi connectivity index (χ0v) is 17.3. The van der Waals surface area contributed by atoms with Crippen LogP contribution in [0.5, 0.6) is 0 Å². The summed E-state index contributed by atoms with van der Waals surface area (Å²) in [5, 5.41) is 15.5. The lowest BCUT2D eigenvalue weighted by atomic mass is 10.2. The van der Waals surface area contributed by atoms with Crippen molar-refractivity contribution in [1.29, 1.82) is 5.26 Å². The molecule has 1 fully saturated rings. The molecule has 1 saturated heterocycles. The van der Waals surface area contributed by atoms with Crippen molar-refractivity contribution in [1.82, 2.24) is 15.3 Å². The lowest BCUT2D eigenvalue weighted by molar-refractivity contribution is -0.124. The third-order valence-corrected chi connectivity index (χ3v) is 4.90. The van der Waals surface area contributed by atoms with Gasteiger partial charge in [-0.15, -0.1) is 0 Å². The van der Waals surface area contributed by atoms with E-state index in [1.54, 1.807) is 12.1 Å². The molecule has 1 aliphatic rings. The molecule has 7 nitrogen and oxygen atoms in total. The van der Waals surface area contributed by atoms with Crippen LogP contribution in [0.1, 0.15) is 44.9 Å². The van der Waals surface area contributed by atoms with Crippen LogP contribution in [0.15, 0.2) is 30.3 Å². The molecule has 1 aromatic carbocycles. The molecule has 1 aromatic heterocycles. The summed E-state index contributed by atoms with van der Waals surface area (Å²) < 4.78 is 0. The number of nitriles is 1. The topological polar surface area (TPSA) is 93.9 Å². The molecular formula is C22H28N6O. The van der Waals surface area contributed by atoms with Crippen LogP contribution in [0.25, 0.3) is 0 Å². The summed E-state index contributed by atoms with van der Waals surface area (Å²) in [6.45, 7) is 7.52. The van der Waals surface area contributed by atoms with E-state index in [4.69, 9.17) is 10.2 Å². The van der Waals surface area contributed by atoms with Crippen molar-refractivity contribution in [3.8, 4) is 6.07 Å². The summed E-state index contributed by atoms with van der Waals surface area (Å²) in [5.41, 5.74) is 2.35. The molecule has 0 saturated carbocycles.